The molecular formula is C26H22ClN3O3S2. The van der Waals surface area contributed by atoms with Crippen LogP contribution in [0, 0.1) is 0 Å². The molecule has 0 fully saturated rings. The number of nitrogens with zero attached hydrogens (tertiary/aromatic N) is 1. The van der Waals surface area contributed by atoms with Gasteiger partial charge in [-0.25, -0.2) is 4.98 Å². The van der Waals surface area contributed by atoms with Gasteiger partial charge < -0.3 is 15.4 Å². The van der Waals surface area contributed by atoms with Crippen LogP contribution in [0.2, 0.25) is 5.02 Å². The van der Waals surface area contributed by atoms with Crippen molar-refractivity contribution in [2.24, 2.45) is 0 Å². The molecule has 2 N–H and O–H groups in total. The fourth-order valence-electron chi connectivity index (χ4n) is 3.17. The summed E-state index contributed by atoms with van der Waals surface area (Å²) in [5, 5.41) is 8.40. The molecule has 2 amide bonds. The van der Waals surface area contributed by atoms with Crippen molar-refractivity contribution in [3.05, 3.63) is 88.8 Å². The Morgan fingerprint density at radius 3 is 2.54 bits per heavy atom. The fraction of sp³-hybridized carbons (Fsp3) is 0.115. The first-order valence-corrected chi connectivity index (χ1v) is 12.8. The molecule has 0 spiro atoms. The maximum absolute atomic E-state index is 12.7. The lowest BCUT2D eigenvalue weighted by Crippen LogP contribution is -2.22. The maximum atomic E-state index is 12.7. The van der Waals surface area contributed by atoms with Crippen LogP contribution in [0.25, 0.3) is 11.3 Å². The quantitative estimate of drug-likeness (QED) is 0.247. The van der Waals surface area contributed by atoms with E-state index in [2.05, 4.69) is 15.6 Å². The van der Waals surface area contributed by atoms with Gasteiger partial charge in [0.25, 0.3) is 5.91 Å². The predicted molar refractivity (Wildman–Crippen MR) is 144 cm³/mol. The third kappa shape index (κ3) is 6.42. The van der Waals surface area contributed by atoms with Crippen molar-refractivity contribution in [2.75, 3.05) is 17.7 Å². The van der Waals surface area contributed by atoms with E-state index in [1.54, 1.807) is 31.4 Å². The molecule has 9 heteroatoms. The number of carbonyl (C=O) groups is 2. The first-order chi connectivity index (χ1) is 16.9. The molecule has 0 aliphatic carbocycles. The molecule has 0 saturated carbocycles. The van der Waals surface area contributed by atoms with Crippen molar-refractivity contribution < 1.29 is 14.3 Å². The first-order valence-electron chi connectivity index (χ1n) is 10.7. The van der Waals surface area contributed by atoms with Crippen LogP contribution in [0.1, 0.15) is 17.3 Å². The van der Waals surface area contributed by atoms with Gasteiger partial charge in [0.05, 0.1) is 18.1 Å². The van der Waals surface area contributed by atoms with Crippen LogP contribution in [-0.4, -0.2) is 29.2 Å². The van der Waals surface area contributed by atoms with E-state index < -0.39 is 0 Å². The number of hydrogen-bond acceptors (Lipinski definition) is 6. The molecule has 0 aliphatic rings. The van der Waals surface area contributed by atoms with Gasteiger partial charge in [-0.3, -0.25) is 9.59 Å². The summed E-state index contributed by atoms with van der Waals surface area (Å²) in [6.07, 6.45) is 0. The number of amides is 2. The van der Waals surface area contributed by atoms with Crippen LogP contribution >= 0.6 is 34.7 Å². The second-order valence-electron chi connectivity index (χ2n) is 7.48. The topological polar surface area (TPSA) is 80.3 Å². The normalized spacial score (nSPS) is 11.5. The lowest BCUT2D eigenvalue weighted by molar-refractivity contribution is -0.115. The molecule has 0 saturated heterocycles. The van der Waals surface area contributed by atoms with Crippen LogP contribution in [-0.2, 0) is 4.79 Å². The van der Waals surface area contributed by atoms with Gasteiger partial charge in [-0.1, -0.05) is 35.9 Å². The number of nitrogens with one attached hydrogen (secondary N) is 2. The van der Waals surface area contributed by atoms with E-state index in [1.165, 1.54) is 23.1 Å². The predicted octanol–water partition coefficient (Wildman–Crippen LogP) is 6.84. The van der Waals surface area contributed by atoms with Crippen molar-refractivity contribution in [2.45, 2.75) is 17.1 Å². The van der Waals surface area contributed by atoms with E-state index in [-0.39, 0.29) is 17.1 Å². The first kappa shape index (κ1) is 24.8. The van der Waals surface area contributed by atoms with Gasteiger partial charge in [-0.2, -0.15) is 0 Å². The number of thioether (sulfide) groups is 1. The van der Waals surface area contributed by atoms with E-state index >= 15 is 0 Å². The van der Waals surface area contributed by atoms with Crippen LogP contribution in [0.15, 0.2) is 83.1 Å². The van der Waals surface area contributed by atoms with Gasteiger partial charge in [-0.15, -0.1) is 23.1 Å². The Morgan fingerprint density at radius 1 is 1.03 bits per heavy atom. The molecule has 0 bridgehead atoms. The van der Waals surface area contributed by atoms with Crippen molar-refractivity contribution in [1.82, 2.24) is 4.98 Å². The van der Waals surface area contributed by atoms with E-state index in [1.807, 2.05) is 60.8 Å². The highest BCUT2D eigenvalue weighted by Crippen LogP contribution is 2.31. The molecule has 0 aliphatic heterocycles. The van der Waals surface area contributed by atoms with E-state index in [0.717, 1.165) is 16.2 Å². The highest BCUT2D eigenvalue weighted by atomic mass is 35.5. The number of hydrogen-bond donors (Lipinski definition) is 2. The number of methoxy groups -OCH3 is 1. The molecule has 4 aromatic rings. The molecule has 1 heterocycles. The minimum Gasteiger partial charge on any atom is -0.497 e. The molecule has 1 unspecified atom stereocenters. The Kier molecular flexibility index (Phi) is 8.07. The molecule has 1 aromatic heterocycles. The van der Waals surface area contributed by atoms with Crippen molar-refractivity contribution in [3.63, 3.8) is 0 Å². The lowest BCUT2D eigenvalue weighted by atomic mass is 10.2. The lowest BCUT2D eigenvalue weighted by Gasteiger charge is -2.11. The van der Waals surface area contributed by atoms with E-state index in [0.29, 0.717) is 27.2 Å². The Morgan fingerprint density at radius 2 is 1.80 bits per heavy atom. The summed E-state index contributed by atoms with van der Waals surface area (Å²) in [6, 6.07) is 21.8. The molecule has 6 nitrogen and oxygen atoms in total. The number of carbonyl (C=O) groups excluding carboxylic acids is 2. The Hall–Kier alpha value is -3.33. The Labute approximate surface area is 216 Å². The van der Waals surface area contributed by atoms with Crippen molar-refractivity contribution >= 4 is 57.3 Å². The number of anilines is 2. The average Bonchev–Trinajstić information content (AvgIpc) is 3.33. The second kappa shape index (κ2) is 11.4. The molecule has 35 heavy (non-hydrogen) atoms. The Bertz CT molecular complexity index is 1340. The molecule has 4 rings (SSSR count). The van der Waals surface area contributed by atoms with Gasteiger partial charge in [0.15, 0.2) is 5.13 Å². The van der Waals surface area contributed by atoms with Crippen LogP contribution < -0.4 is 15.4 Å². The van der Waals surface area contributed by atoms with E-state index in [9.17, 15) is 9.59 Å². The number of halogens is 1. The average molecular weight is 524 g/mol. The molecule has 1 atom stereocenters. The maximum Gasteiger partial charge on any atom is 0.255 e. The summed E-state index contributed by atoms with van der Waals surface area (Å²) in [6.45, 7) is 1.83. The van der Waals surface area contributed by atoms with Gasteiger partial charge in [0.2, 0.25) is 5.91 Å². The molecule has 3 aromatic carbocycles. The zero-order valence-corrected chi connectivity index (χ0v) is 21.3. The third-order valence-corrected chi connectivity index (χ3v) is 7.21. The Balaban J connectivity index is 1.32. The summed E-state index contributed by atoms with van der Waals surface area (Å²) in [7, 11) is 1.56. The highest BCUT2D eigenvalue weighted by molar-refractivity contribution is 8.00. The molecule has 0 radical (unpaired) electrons. The van der Waals surface area contributed by atoms with E-state index in [4.69, 9.17) is 16.3 Å². The second-order valence-corrected chi connectivity index (χ2v) is 10.2. The fourth-order valence-corrected chi connectivity index (χ4v) is 4.99. The SMILES string of the molecule is COc1cccc(C(=O)Nc2ccc(SC(C)C(=O)Nc3nc(-c4ccccc4Cl)cs3)cc2)c1. The summed E-state index contributed by atoms with van der Waals surface area (Å²) in [5.41, 5.74) is 2.72. The number of aromatic nitrogens is 1. The van der Waals surface area contributed by atoms with Gasteiger partial charge in [0, 0.05) is 32.1 Å². The smallest absolute Gasteiger partial charge is 0.255 e. The summed E-state index contributed by atoms with van der Waals surface area (Å²) >= 11 is 9.02. The van der Waals surface area contributed by atoms with Crippen LogP contribution in [0.3, 0.4) is 0 Å². The summed E-state index contributed by atoms with van der Waals surface area (Å²) in [5.74, 6) is 0.247. The summed E-state index contributed by atoms with van der Waals surface area (Å²) < 4.78 is 5.17. The zero-order valence-electron chi connectivity index (χ0n) is 18.9. The standard InChI is InChI=1S/C26H22ClN3O3S2/c1-16(24(31)30-26-29-23(15-34-26)21-8-3-4-9-22(21)27)35-20-12-10-18(11-13-20)28-25(32)17-6-5-7-19(14-17)33-2/h3-16H,1-2H3,(H,28,32)(H,29,30,31). The van der Waals surface area contributed by atoms with Crippen molar-refractivity contribution in [3.8, 4) is 17.0 Å². The largest absolute Gasteiger partial charge is 0.497 e. The zero-order chi connectivity index (χ0) is 24.8. The third-order valence-electron chi connectivity index (χ3n) is 5.01. The molecular weight excluding hydrogens is 502 g/mol. The number of benzene rings is 3. The monoisotopic (exact) mass is 523 g/mol. The number of thiazole rings is 1. The van der Waals surface area contributed by atoms with Crippen molar-refractivity contribution in [1.29, 1.82) is 0 Å². The van der Waals surface area contributed by atoms with Gasteiger partial charge in [0.1, 0.15) is 5.75 Å². The molecule has 178 valence electrons. The highest BCUT2D eigenvalue weighted by Gasteiger charge is 2.17. The van der Waals surface area contributed by atoms with Crippen LogP contribution in [0.4, 0.5) is 10.8 Å². The van der Waals surface area contributed by atoms with Gasteiger partial charge in [-0.05, 0) is 55.5 Å². The number of ether oxygens (including phenoxy) is 1. The van der Waals surface area contributed by atoms with Gasteiger partial charge >= 0.3 is 0 Å². The number of rotatable bonds is 8. The van der Waals surface area contributed by atoms with Crippen LogP contribution in [0.5, 0.6) is 5.75 Å². The minimum absolute atomic E-state index is 0.148. The minimum atomic E-state index is -0.347. The summed E-state index contributed by atoms with van der Waals surface area (Å²) in [4.78, 5) is 30.6.